The zero-order valence-electron chi connectivity index (χ0n) is 9.40. The van der Waals surface area contributed by atoms with Crippen molar-refractivity contribution in [1.29, 1.82) is 0 Å². The first-order chi connectivity index (χ1) is 7.66. The summed E-state index contributed by atoms with van der Waals surface area (Å²) in [5, 5.41) is 2.90. The van der Waals surface area contributed by atoms with Crippen molar-refractivity contribution >= 4 is 11.6 Å². The molecule has 0 bridgehead atoms. The van der Waals surface area contributed by atoms with Crippen LogP contribution in [0.2, 0.25) is 0 Å². The Balaban J connectivity index is 1.90. The maximum atomic E-state index is 11.8. The van der Waals surface area contributed by atoms with Crippen molar-refractivity contribution < 1.29 is 9.53 Å². The van der Waals surface area contributed by atoms with Crippen molar-refractivity contribution in [3.05, 3.63) is 18.0 Å². The second-order valence-electron chi connectivity index (χ2n) is 4.21. The highest BCUT2D eigenvalue weighted by Crippen LogP contribution is 2.12. The molecule has 1 atom stereocenters. The second kappa shape index (κ2) is 4.57. The van der Waals surface area contributed by atoms with Gasteiger partial charge in [-0.05, 0) is 12.5 Å². The molecule has 1 aromatic heterocycles. The van der Waals surface area contributed by atoms with Crippen molar-refractivity contribution in [2.75, 3.05) is 25.5 Å². The van der Waals surface area contributed by atoms with Gasteiger partial charge in [0, 0.05) is 32.3 Å². The SMILES string of the molecule is Cn1cc(N)cc1C(=O)NCC1CCOC1. The summed E-state index contributed by atoms with van der Waals surface area (Å²) < 4.78 is 6.98. The summed E-state index contributed by atoms with van der Waals surface area (Å²) in [6, 6.07) is 1.68. The number of ether oxygens (including phenoxy) is 1. The largest absolute Gasteiger partial charge is 0.397 e. The molecule has 16 heavy (non-hydrogen) atoms. The molecule has 0 spiro atoms. The minimum atomic E-state index is -0.0777. The van der Waals surface area contributed by atoms with Gasteiger partial charge >= 0.3 is 0 Å². The maximum absolute atomic E-state index is 11.8. The van der Waals surface area contributed by atoms with E-state index in [4.69, 9.17) is 10.5 Å². The molecule has 5 nitrogen and oxygen atoms in total. The zero-order valence-corrected chi connectivity index (χ0v) is 9.40. The number of carbonyl (C=O) groups excluding carboxylic acids is 1. The van der Waals surface area contributed by atoms with Crippen LogP contribution < -0.4 is 11.1 Å². The average Bonchev–Trinajstić information content (AvgIpc) is 2.84. The molecule has 1 amide bonds. The Hall–Kier alpha value is -1.49. The van der Waals surface area contributed by atoms with Crippen molar-refractivity contribution in [2.24, 2.45) is 13.0 Å². The van der Waals surface area contributed by atoms with E-state index in [2.05, 4.69) is 5.32 Å². The van der Waals surface area contributed by atoms with Gasteiger partial charge < -0.3 is 20.4 Å². The van der Waals surface area contributed by atoms with Crippen molar-refractivity contribution in [3.8, 4) is 0 Å². The summed E-state index contributed by atoms with van der Waals surface area (Å²) in [4.78, 5) is 11.8. The number of nitrogens with two attached hydrogens (primary N) is 1. The number of anilines is 1. The summed E-state index contributed by atoms with van der Waals surface area (Å²) >= 11 is 0. The highest BCUT2D eigenvalue weighted by Gasteiger charge is 2.17. The number of nitrogen functional groups attached to an aromatic ring is 1. The third kappa shape index (κ3) is 2.36. The highest BCUT2D eigenvalue weighted by molar-refractivity contribution is 5.93. The van der Waals surface area contributed by atoms with E-state index in [1.54, 1.807) is 16.8 Å². The van der Waals surface area contributed by atoms with Gasteiger partial charge in [-0.15, -0.1) is 0 Å². The predicted molar refractivity (Wildman–Crippen MR) is 61.1 cm³/mol. The van der Waals surface area contributed by atoms with Crippen LogP contribution in [0, 0.1) is 5.92 Å². The van der Waals surface area contributed by atoms with Gasteiger partial charge in [-0.1, -0.05) is 0 Å². The molecule has 1 fully saturated rings. The first kappa shape index (κ1) is 11.0. The van der Waals surface area contributed by atoms with Gasteiger partial charge in [0.2, 0.25) is 0 Å². The number of nitrogens with one attached hydrogen (secondary N) is 1. The molecular formula is C11H17N3O2. The molecule has 0 aliphatic carbocycles. The first-order valence-electron chi connectivity index (χ1n) is 5.44. The van der Waals surface area contributed by atoms with Crippen LogP contribution in [0.4, 0.5) is 5.69 Å². The lowest BCUT2D eigenvalue weighted by Gasteiger charge is -2.09. The number of nitrogens with zero attached hydrogens (tertiary/aromatic N) is 1. The fourth-order valence-corrected chi connectivity index (χ4v) is 1.89. The summed E-state index contributed by atoms with van der Waals surface area (Å²) in [7, 11) is 1.81. The normalized spacial score (nSPS) is 19.9. The molecular weight excluding hydrogens is 206 g/mol. The number of rotatable bonds is 3. The first-order valence-corrected chi connectivity index (χ1v) is 5.44. The van der Waals surface area contributed by atoms with Crippen molar-refractivity contribution in [1.82, 2.24) is 9.88 Å². The lowest BCUT2D eigenvalue weighted by atomic mass is 10.1. The molecule has 1 unspecified atom stereocenters. The van der Waals surface area contributed by atoms with E-state index >= 15 is 0 Å². The smallest absolute Gasteiger partial charge is 0.267 e. The van der Waals surface area contributed by atoms with Crippen molar-refractivity contribution in [2.45, 2.75) is 6.42 Å². The molecule has 3 N–H and O–H groups in total. The molecule has 0 saturated carbocycles. The summed E-state index contributed by atoms with van der Waals surface area (Å²) in [6.07, 6.45) is 2.75. The molecule has 2 rings (SSSR count). The Kier molecular flexibility index (Phi) is 3.14. The van der Waals surface area contributed by atoms with Crippen LogP contribution in [-0.4, -0.2) is 30.2 Å². The lowest BCUT2D eigenvalue weighted by Crippen LogP contribution is -2.30. The van der Waals surface area contributed by atoms with Crippen LogP contribution >= 0.6 is 0 Å². The van der Waals surface area contributed by atoms with Crippen LogP contribution in [0.3, 0.4) is 0 Å². The summed E-state index contributed by atoms with van der Waals surface area (Å²) in [6.45, 7) is 2.22. The molecule has 2 heterocycles. The predicted octanol–water partition coefficient (Wildman–Crippen LogP) is 0.374. The van der Waals surface area contributed by atoms with Gasteiger partial charge in [0.05, 0.1) is 12.3 Å². The number of aryl methyl sites for hydroxylation is 1. The van der Waals surface area contributed by atoms with Crippen LogP contribution in [0.15, 0.2) is 12.3 Å². The highest BCUT2D eigenvalue weighted by atomic mass is 16.5. The van der Waals surface area contributed by atoms with Gasteiger partial charge in [-0.2, -0.15) is 0 Å². The number of carbonyl (C=O) groups is 1. The molecule has 1 saturated heterocycles. The van der Waals surface area contributed by atoms with Crippen LogP contribution in [0.5, 0.6) is 0 Å². The number of hydrogen-bond acceptors (Lipinski definition) is 3. The van der Waals surface area contributed by atoms with Gasteiger partial charge in [0.1, 0.15) is 5.69 Å². The second-order valence-corrected chi connectivity index (χ2v) is 4.21. The fourth-order valence-electron chi connectivity index (χ4n) is 1.89. The number of aromatic nitrogens is 1. The average molecular weight is 223 g/mol. The van der Waals surface area contributed by atoms with Crippen LogP contribution in [0.1, 0.15) is 16.9 Å². The summed E-state index contributed by atoms with van der Waals surface area (Å²) in [5.74, 6) is 0.368. The van der Waals surface area contributed by atoms with Gasteiger partial charge in [-0.25, -0.2) is 0 Å². The Morgan fingerprint density at radius 1 is 1.75 bits per heavy atom. The lowest BCUT2D eigenvalue weighted by molar-refractivity contribution is 0.0937. The van der Waals surface area contributed by atoms with E-state index in [0.29, 0.717) is 23.8 Å². The Morgan fingerprint density at radius 3 is 3.12 bits per heavy atom. The Morgan fingerprint density at radius 2 is 2.56 bits per heavy atom. The maximum Gasteiger partial charge on any atom is 0.267 e. The van der Waals surface area contributed by atoms with E-state index in [0.717, 1.165) is 19.6 Å². The number of hydrogen-bond donors (Lipinski definition) is 2. The zero-order chi connectivity index (χ0) is 11.5. The molecule has 88 valence electrons. The van der Waals surface area contributed by atoms with Gasteiger partial charge in [0.15, 0.2) is 0 Å². The van der Waals surface area contributed by atoms with Crippen LogP contribution in [-0.2, 0) is 11.8 Å². The van der Waals surface area contributed by atoms with Gasteiger partial charge in [0.25, 0.3) is 5.91 Å². The molecule has 1 aromatic rings. The fraction of sp³-hybridized carbons (Fsp3) is 0.545. The molecule has 1 aliphatic rings. The Labute approximate surface area is 94.6 Å². The number of amides is 1. The van der Waals surface area contributed by atoms with Crippen molar-refractivity contribution in [3.63, 3.8) is 0 Å². The third-order valence-corrected chi connectivity index (χ3v) is 2.83. The summed E-state index contributed by atoms with van der Waals surface area (Å²) in [5.41, 5.74) is 6.82. The Bertz CT molecular complexity index is 381. The quantitative estimate of drug-likeness (QED) is 0.778. The molecule has 5 heteroatoms. The molecule has 0 aromatic carbocycles. The topological polar surface area (TPSA) is 69.3 Å². The van der Waals surface area contributed by atoms with E-state index in [1.165, 1.54) is 0 Å². The van der Waals surface area contributed by atoms with E-state index in [-0.39, 0.29) is 5.91 Å². The van der Waals surface area contributed by atoms with E-state index in [1.807, 2.05) is 7.05 Å². The monoisotopic (exact) mass is 223 g/mol. The van der Waals surface area contributed by atoms with E-state index in [9.17, 15) is 4.79 Å². The van der Waals surface area contributed by atoms with Crippen LogP contribution in [0.25, 0.3) is 0 Å². The molecule has 0 radical (unpaired) electrons. The van der Waals surface area contributed by atoms with E-state index < -0.39 is 0 Å². The minimum absolute atomic E-state index is 0.0777. The molecule has 1 aliphatic heterocycles. The van der Waals surface area contributed by atoms with Gasteiger partial charge in [-0.3, -0.25) is 4.79 Å². The standard InChI is InChI=1S/C11H17N3O2/c1-14-6-9(12)4-10(14)11(15)13-5-8-2-3-16-7-8/h4,6,8H,2-3,5,7,12H2,1H3,(H,13,15). The minimum Gasteiger partial charge on any atom is -0.397 e. The third-order valence-electron chi connectivity index (χ3n) is 2.83.